The summed E-state index contributed by atoms with van der Waals surface area (Å²) in [5, 5.41) is 3.49. The van der Waals surface area contributed by atoms with Crippen LogP contribution in [-0.2, 0) is 17.9 Å². The molecule has 2 bridgehead atoms. The van der Waals surface area contributed by atoms with Gasteiger partial charge in [-0.25, -0.2) is 0 Å². The highest BCUT2D eigenvalue weighted by Gasteiger charge is 2.40. The Kier molecular flexibility index (Phi) is 6.44. The number of amides is 1. The van der Waals surface area contributed by atoms with Gasteiger partial charge in [0.25, 0.3) is 5.56 Å². The van der Waals surface area contributed by atoms with Crippen LogP contribution in [0, 0.1) is 5.92 Å². The van der Waals surface area contributed by atoms with Gasteiger partial charge >= 0.3 is 0 Å². The Labute approximate surface area is 178 Å². The van der Waals surface area contributed by atoms with E-state index >= 15 is 0 Å². The lowest BCUT2D eigenvalue weighted by Gasteiger charge is -2.42. The van der Waals surface area contributed by atoms with Crippen molar-refractivity contribution in [1.82, 2.24) is 19.7 Å². The first-order chi connectivity index (χ1) is 12.6. The summed E-state index contributed by atoms with van der Waals surface area (Å²) in [6, 6.07) is 4.38. The molecule has 156 valence electrons. The van der Waals surface area contributed by atoms with E-state index in [1.54, 1.807) is 0 Å². The number of pyridine rings is 1. The van der Waals surface area contributed by atoms with Gasteiger partial charge in [0.15, 0.2) is 0 Å². The van der Waals surface area contributed by atoms with Crippen molar-refractivity contribution in [2.24, 2.45) is 5.92 Å². The third kappa shape index (κ3) is 3.49. The van der Waals surface area contributed by atoms with Crippen molar-refractivity contribution in [2.75, 3.05) is 26.2 Å². The Morgan fingerprint density at radius 1 is 1.14 bits per heavy atom. The fraction of sp³-hybridized carbons (Fsp3) is 0.700. The average molecular weight is 429 g/mol. The molecule has 1 aromatic rings. The van der Waals surface area contributed by atoms with Crippen molar-refractivity contribution in [2.45, 2.75) is 57.3 Å². The first-order valence-electron chi connectivity index (χ1n) is 10.1. The van der Waals surface area contributed by atoms with E-state index < -0.39 is 0 Å². The predicted molar refractivity (Wildman–Crippen MR) is 114 cm³/mol. The number of halogens is 2. The number of piperazine rings is 1. The quantitative estimate of drug-likeness (QED) is 0.776. The summed E-state index contributed by atoms with van der Waals surface area (Å²) >= 11 is 0. The molecule has 0 spiro atoms. The Morgan fingerprint density at radius 3 is 2.79 bits per heavy atom. The molecule has 4 aliphatic rings. The molecule has 0 aromatic carbocycles. The van der Waals surface area contributed by atoms with Gasteiger partial charge in [0.2, 0.25) is 5.91 Å². The van der Waals surface area contributed by atoms with Gasteiger partial charge in [0, 0.05) is 55.9 Å². The second kappa shape index (κ2) is 8.34. The van der Waals surface area contributed by atoms with E-state index in [1.165, 1.54) is 12.1 Å². The summed E-state index contributed by atoms with van der Waals surface area (Å²) in [7, 11) is 0. The van der Waals surface area contributed by atoms with Crippen LogP contribution in [0.1, 0.15) is 43.4 Å². The molecular weight excluding hydrogens is 399 g/mol. The second-order valence-corrected chi connectivity index (χ2v) is 8.59. The number of carbonyl (C=O) groups is 1. The number of fused-ring (bicyclic) bond motifs is 5. The van der Waals surface area contributed by atoms with Crippen molar-refractivity contribution in [3.05, 3.63) is 33.7 Å². The fourth-order valence-corrected chi connectivity index (χ4v) is 5.52. The first kappa shape index (κ1) is 21.6. The number of nitrogens with one attached hydrogen (secondary N) is 1. The molecule has 6 nitrogen and oxygen atoms in total. The summed E-state index contributed by atoms with van der Waals surface area (Å²) < 4.78 is 2.02. The van der Waals surface area contributed by atoms with Crippen LogP contribution in [0.15, 0.2) is 16.9 Å². The number of hydrogen-bond donors (Lipinski definition) is 1. The minimum absolute atomic E-state index is 0. The lowest BCUT2D eigenvalue weighted by molar-refractivity contribution is -0.143. The van der Waals surface area contributed by atoms with Gasteiger partial charge in [-0.3, -0.25) is 14.5 Å². The molecule has 0 radical (unpaired) electrons. The van der Waals surface area contributed by atoms with Gasteiger partial charge in [-0.05, 0) is 44.7 Å². The number of nitrogens with zero attached hydrogens (tertiary/aromatic N) is 3. The maximum absolute atomic E-state index is 13.2. The lowest BCUT2D eigenvalue weighted by Crippen LogP contribution is -2.58. The molecule has 0 saturated carbocycles. The van der Waals surface area contributed by atoms with Gasteiger partial charge in [-0.2, -0.15) is 0 Å². The number of piperidine rings is 1. The van der Waals surface area contributed by atoms with Gasteiger partial charge in [-0.15, -0.1) is 24.8 Å². The molecule has 3 saturated heterocycles. The summed E-state index contributed by atoms with van der Waals surface area (Å²) in [6.07, 6.45) is 3.39. The average Bonchev–Trinajstić information content (AvgIpc) is 3.11. The summed E-state index contributed by atoms with van der Waals surface area (Å²) in [5.74, 6) is 1.26. The van der Waals surface area contributed by atoms with Crippen molar-refractivity contribution in [3.63, 3.8) is 0 Å². The largest absolute Gasteiger partial charge is 0.337 e. The van der Waals surface area contributed by atoms with Crippen molar-refractivity contribution in [1.29, 1.82) is 0 Å². The zero-order valence-corrected chi connectivity index (χ0v) is 17.9. The Balaban J connectivity index is 0.00000112. The highest BCUT2D eigenvalue weighted by molar-refractivity contribution is 5.85. The number of aromatic nitrogens is 1. The minimum atomic E-state index is -0.131. The second-order valence-electron chi connectivity index (χ2n) is 8.59. The van der Waals surface area contributed by atoms with E-state index in [0.29, 0.717) is 24.4 Å². The smallest absolute Gasteiger partial charge is 0.255 e. The maximum atomic E-state index is 13.2. The van der Waals surface area contributed by atoms with Gasteiger partial charge < -0.3 is 14.8 Å². The molecule has 0 aliphatic carbocycles. The van der Waals surface area contributed by atoms with Crippen LogP contribution in [0.4, 0.5) is 0 Å². The zero-order chi connectivity index (χ0) is 17.8. The van der Waals surface area contributed by atoms with E-state index in [1.807, 2.05) is 17.6 Å². The summed E-state index contributed by atoms with van der Waals surface area (Å²) in [4.78, 5) is 30.1. The molecule has 4 aliphatic heterocycles. The molecule has 8 heteroatoms. The van der Waals surface area contributed by atoms with Gasteiger partial charge in [0.1, 0.15) is 0 Å². The third-order valence-electron chi connectivity index (χ3n) is 6.97. The van der Waals surface area contributed by atoms with Crippen molar-refractivity contribution < 1.29 is 4.79 Å². The number of hydrogen-bond acceptors (Lipinski definition) is 4. The van der Waals surface area contributed by atoms with Crippen molar-refractivity contribution >= 4 is 30.7 Å². The van der Waals surface area contributed by atoms with Crippen molar-refractivity contribution in [3.8, 4) is 0 Å². The Bertz CT molecular complexity index is 799. The van der Waals surface area contributed by atoms with Crippen LogP contribution < -0.4 is 10.9 Å². The fourth-order valence-electron chi connectivity index (χ4n) is 5.52. The molecular formula is C20H30Cl2N4O2. The van der Waals surface area contributed by atoms with Crippen LogP contribution >= 0.6 is 24.8 Å². The van der Waals surface area contributed by atoms with Crippen LogP contribution in [0.2, 0.25) is 0 Å². The SMILES string of the molecule is C[C@@H]1C(=O)N2CCC[C@@H]2CN1Cc1ccc2n(c1=O)C[C@@H]1CNC[C@H]2C1.Cl.Cl. The maximum Gasteiger partial charge on any atom is 0.255 e. The highest BCUT2D eigenvalue weighted by Crippen LogP contribution is 2.32. The third-order valence-corrected chi connectivity index (χ3v) is 6.97. The predicted octanol–water partition coefficient (Wildman–Crippen LogP) is 1.59. The van der Waals surface area contributed by atoms with Gasteiger partial charge in [0.05, 0.1) is 6.04 Å². The normalized spacial score (nSPS) is 31.5. The monoisotopic (exact) mass is 428 g/mol. The van der Waals surface area contributed by atoms with E-state index in [0.717, 1.165) is 51.1 Å². The van der Waals surface area contributed by atoms with Gasteiger partial charge in [-0.1, -0.05) is 6.07 Å². The topological polar surface area (TPSA) is 57.6 Å². The first-order valence-corrected chi connectivity index (χ1v) is 10.1. The molecule has 3 fully saturated rings. The number of carbonyl (C=O) groups excluding carboxylic acids is 1. The molecule has 0 unspecified atom stereocenters. The van der Waals surface area contributed by atoms with E-state index in [2.05, 4.69) is 21.2 Å². The molecule has 1 amide bonds. The zero-order valence-electron chi connectivity index (χ0n) is 16.3. The Hall–Kier alpha value is -1.08. The summed E-state index contributed by atoms with van der Waals surface area (Å²) in [6.45, 7) is 7.19. The molecule has 5 rings (SSSR count). The van der Waals surface area contributed by atoms with Crippen LogP contribution in [-0.4, -0.2) is 58.5 Å². The van der Waals surface area contributed by atoms with Crippen LogP contribution in [0.5, 0.6) is 0 Å². The Morgan fingerprint density at radius 2 is 1.96 bits per heavy atom. The molecule has 28 heavy (non-hydrogen) atoms. The minimum Gasteiger partial charge on any atom is -0.337 e. The summed E-state index contributed by atoms with van der Waals surface area (Å²) in [5.41, 5.74) is 2.19. The lowest BCUT2D eigenvalue weighted by atomic mass is 9.84. The molecule has 1 N–H and O–H groups in total. The molecule has 4 atom stereocenters. The molecule has 5 heterocycles. The standard InChI is InChI=1S/C20H28N4O2.2ClH/c1-13-19(25)23-6-2-3-17(23)12-22(13)11-15-4-5-18-16-7-14(8-21-9-16)10-24(18)20(15)26;;/h4-5,13-14,16-17,21H,2-3,6-12H2,1H3;2*1H/t13-,14+,16-,17-;;/m1../s1. The number of rotatable bonds is 2. The van der Waals surface area contributed by atoms with Crippen LogP contribution in [0.3, 0.4) is 0 Å². The van der Waals surface area contributed by atoms with E-state index in [4.69, 9.17) is 0 Å². The highest BCUT2D eigenvalue weighted by atomic mass is 35.5. The molecule has 1 aromatic heterocycles. The van der Waals surface area contributed by atoms with E-state index in [-0.39, 0.29) is 42.3 Å². The van der Waals surface area contributed by atoms with Crippen LogP contribution in [0.25, 0.3) is 0 Å². The van der Waals surface area contributed by atoms with E-state index in [9.17, 15) is 9.59 Å².